The predicted molar refractivity (Wildman–Crippen MR) is 65.5 cm³/mol. The van der Waals surface area contributed by atoms with Gasteiger partial charge in [0.2, 0.25) is 0 Å². The highest BCUT2D eigenvalue weighted by atomic mass is 16.5. The number of imidazole rings is 1. The fourth-order valence-corrected chi connectivity index (χ4v) is 2.45. The van der Waals surface area contributed by atoms with E-state index < -0.39 is 0 Å². The second kappa shape index (κ2) is 4.07. The molecule has 1 N–H and O–H groups in total. The van der Waals surface area contributed by atoms with Gasteiger partial charge in [0.1, 0.15) is 6.10 Å². The molecule has 2 unspecified atom stereocenters. The fraction of sp³-hybridized carbons (Fsp3) is 0.667. The van der Waals surface area contributed by atoms with E-state index in [2.05, 4.69) is 21.5 Å². The second-order valence-electron chi connectivity index (χ2n) is 4.89. The maximum atomic E-state index is 9.52. The van der Waals surface area contributed by atoms with Gasteiger partial charge in [-0.2, -0.15) is 5.06 Å². The summed E-state index contributed by atoms with van der Waals surface area (Å²) in [5.41, 5.74) is 1.99. The number of hydrogen-bond acceptors (Lipinski definition) is 5. The standard InChI is InChI=1S/C12H18N4O2/c1-4-16-10-6-15(17)5-9(10)14-11(16)12-13-7(2)8(3)18-12/h7-8,17H,4-6H2,1-3H3. The third kappa shape index (κ3) is 1.64. The van der Waals surface area contributed by atoms with Gasteiger partial charge in [-0.15, -0.1) is 0 Å². The van der Waals surface area contributed by atoms with Gasteiger partial charge in [0.15, 0.2) is 5.82 Å². The Morgan fingerprint density at radius 2 is 2.17 bits per heavy atom. The lowest BCUT2D eigenvalue weighted by Crippen LogP contribution is -2.19. The Labute approximate surface area is 106 Å². The first-order valence-electron chi connectivity index (χ1n) is 6.37. The molecule has 0 radical (unpaired) electrons. The van der Waals surface area contributed by atoms with Crippen LogP contribution in [0.25, 0.3) is 0 Å². The molecule has 0 aliphatic carbocycles. The number of nitrogens with zero attached hydrogens (tertiary/aromatic N) is 4. The molecule has 2 aliphatic rings. The number of aliphatic imine (C=N–C) groups is 1. The first-order valence-corrected chi connectivity index (χ1v) is 6.37. The first kappa shape index (κ1) is 11.7. The minimum atomic E-state index is 0.103. The zero-order valence-electron chi connectivity index (χ0n) is 10.9. The van der Waals surface area contributed by atoms with Gasteiger partial charge < -0.3 is 14.5 Å². The lowest BCUT2D eigenvalue weighted by molar-refractivity contribution is -0.0986. The Bertz CT molecular complexity index is 508. The number of aromatic nitrogens is 2. The summed E-state index contributed by atoms with van der Waals surface area (Å²) in [6.45, 7) is 7.93. The van der Waals surface area contributed by atoms with Crippen LogP contribution in [0, 0.1) is 0 Å². The Morgan fingerprint density at radius 3 is 2.78 bits per heavy atom. The van der Waals surface area contributed by atoms with Crippen molar-refractivity contribution in [3.8, 4) is 0 Å². The van der Waals surface area contributed by atoms with Crippen LogP contribution in [0.1, 0.15) is 38.0 Å². The van der Waals surface area contributed by atoms with Crippen molar-refractivity contribution >= 4 is 5.90 Å². The summed E-state index contributed by atoms with van der Waals surface area (Å²) in [5, 5.41) is 10.8. The molecule has 1 aromatic heterocycles. The van der Waals surface area contributed by atoms with Crippen LogP contribution in [0.3, 0.4) is 0 Å². The topological polar surface area (TPSA) is 62.9 Å². The third-order valence-electron chi connectivity index (χ3n) is 3.63. The van der Waals surface area contributed by atoms with Crippen molar-refractivity contribution in [3.05, 3.63) is 17.2 Å². The Morgan fingerprint density at radius 1 is 1.39 bits per heavy atom. The largest absolute Gasteiger partial charge is 0.470 e. The van der Waals surface area contributed by atoms with Gasteiger partial charge in [-0.3, -0.25) is 0 Å². The summed E-state index contributed by atoms with van der Waals surface area (Å²) in [5.74, 6) is 1.43. The monoisotopic (exact) mass is 250 g/mol. The zero-order valence-corrected chi connectivity index (χ0v) is 10.9. The van der Waals surface area contributed by atoms with Gasteiger partial charge in [-0.05, 0) is 20.8 Å². The number of fused-ring (bicyclic) bond motifs is 1. The SMILES string of the molecule is CCn1c(C2=NC(C)C(C)O2)nc2c1CN(O)C2. The van der Waals surface area contributed by atoms with Gasteiger partial charge in [0.25, 0.3) is 5.90 Å². The van der Waals surface area contributed by atoms with E-state index in [4.69, 9.17) is 4.74 Å². The maximum absolute atomic E-state index is 9.52. The molecule has 0 bridgehead atoms. The molecule has 2 atom stereocenters. The molecule has 0 saturated carbocycles. The smallest absolute Gasteiger partial charge is 0.254 e. The zero-order chi connectivity index (χ0) is 12.9. The number of hydroxylamine groups is 2. The highest BCUT2D eigenvalue weighted by Gasteiger charge is 2.31. The molecule has 3 rings (SSSR count). The molecule has 98 valence electrons. The average molecular weight is 250 g/mol. The van der Waals surface area contributed by atoms with Crippen molar-refractivity contribution in [1.82, 2.24) is 14.6 Å². The summed E-state index contributed by atoms with van der Waals surface area (Å²) in [7, 11) is 0. The van der Waals surface area contributed by atoms with E-state index in [9.17, 15) is 5.21 Å². The van der Waals surface area contributed by atoms with Crippen molar-refractivity contribution in [2.45, 2.75) is 52.6 Å². The maximum Gasteiger partial charge on any atom is 0.254 e. The molecule has 2 aliphatic heterocycles. The van der Waals surface area contributed by atoms with Crippen LogP contribution in [0.5, 0.6) is 0 Å². The average Bonchev–Trinajstić information content (AvgIpc) is 2.92. The van der Waals surface area contributed by atoms with Crippen molar-refractivity contribution in [3.63, 3.8) is 0 Å². The van der Waals surface area contributed by atoms with E-state index in [0.29, 0.717) is 19.0 Å². The fourth-order valence-electron chi connectivity index (χ4n) is 2.45. The van der Waals surface area contributed by atoms with E-state index in [-0.39, 0.29) is 12.1 Å². The van der Waals surface area contributed by atoms with Crippen LogP contribution in [0.15, 0.2) is 4.99 Å². The van der Waals surface area contributed by atoms with Gasteiger partial charge in [-0.1, -0.05) is 0 Å². The van der Waals surface area contributed by atoms with E-state index in [0.717, 1.165) is 23.8 Å². The highest BCUT2D eigenvalue weighted by molar-refractivity contribution is 5.92. The minimum Gasteiger partial charge on any atom is -0.470 e. The van der Waals surface area contributed by atoms with Crippen LogP contribution in [0.4, 0.5) is 0 Å². The minimum absolute atomic E-state index is 0.103. The Hall–Kier alpha value is -1.40. The molecule has 0 saturated heterocycles. The highest BCUT2D eigenvalue weighted by Crippen LogP contribution is 2.25. The summed E-state index contributed by atoms with van der Waals surface area (Å²) in [4.78, 5) is 9.08. The number of ether oxygens (including phenoxy) is 1. The van der Waals surface area contributed by atoms with Crippen LogP contribution in [0.2, 0.25) is 0 Å². The lowest BCUT2D eigenvalue weighted by Gasteiger charge is -2.11. The van der Waals surface area contributed by atoms with Crippen LogP contribution >= 0.6 is 0 Å². The summed E-state index contributed by atoms with van der Waals surface area (Å²) < 4.78 is 7.83. The summed E-state index contributed by atoms with van der Waals surface area (Å²) in [6, 6.07) is 0.172. The summed E-state index contributed by atoms with van der Waals surface area (Å²) in [6.07, 6.45) is 0.103. The van der Waals surface area contributed by atoms with Crippen LogP contribution in [-0.4, -0.2) is 37.9 Å². The molecule has 0 aromatic carbocycles. The summed E-state index contributed by atoms with van der Waals surface area (Å²) >= 11 is 0. The van der Waals surface area contributed by atoms with Crippen molar-refractivity contribution in [2.75, 3.05) is 0 Å². The van der Waals surface area contributed by atoms with E-state index in [1.165, 1.54) is 5.06 Å². The molecule has 18 heavy (non-hydrogen) atoms. The Kier molecular flexibility index (Phi) is 2.64. The quantitative estimate of drug-likeness (QED) is 0.855. The molecule has 6 nitrogen and oxygen atoms in total. The second-order valence-corrected chi connectivity index (χ2v) is 4.89. The van der Waals surface area contributed by atoms with Gasteiger partial charge >= 0.3 is 0 Å². The number of rotatable bonds is 2. The normalized spacial score (nSPS) is 27.2. The van der Waals surface area contributed by atoms with Gasteiger partial charge in [0.05, 0.1) is 30.5 Å². The van der Waals surface area contributed by atoms with Gasteiger partial charge in [-0.25, -0.2) is 9.98 Å². The lowest BCUT2D eigenvalue weighted by atomic mass is 10.2. The van der Waals surface area contributed by atoms with Crippen molar-refractivity contribution < 1.29 is 9.94 Å². The van der Waals surface area contributed by atoms with Crippen molar-refractivity contribution in [2.24, 2.45) is 4.99 Å². The van der Waals surface area contributed by atoms with Gasteiger partial charge in [0, 0.05) is 6.54 Å². The molecule has 0 fully saturated rings. The third-order valence-corrected chi connectivity index (χ3v) is 3.63. The molecular weight excluding hydrogens is 232 g/mol. The Balaban J connectivity index is 2.00. The van der Waals surface area contributed by atoms with Crippen LogP contribution in [-0.2, 0) is 24.4 Å². The van der Waals surface area contributed by atoms with E-state index in [1.807, 2.05) is 13.8 Å². The predicted octanol–water partition coefficient (Wildman–Crippen LogP) is 1.16. The van der Waals surface area contributed by atoms with E-state index in [1.54, 1.807) is 0 Å². The molecule has 6 heteroatoms. The molecule has 0 spiro atoms. The molecule has 0 amide bonds. The van der Waals surface area contributed by atoms with Crippen molar-refractivity contribution in [1.29, 1.82) is 0 Å². The molecule has 1 aromatic rings. The van der Waals surface area contributed by atoms with Crippen LogP contribution < -0.4 is 0 Å². The molecule has 3 heterocycles. The molecular formula is C12H18N4O2. The van der Waals surface area contributed by atoms with E-state index >= 15 is 0 Å². The number of hydrogen-bond donors (Lipinski definition) is 1. The first-order chi connectivity index (χ1) is 8.60.